The van der Waals surface area contributed by atoms with E-state index in [1.807, 2.05) is 35.1 Å². The molecule has 120 valence electrons. The van der Waals surface area contributed by atoms with Crippen molar-refractivity contribution in [2.75, 3.05) is 0 Å². The molecule has 7 nitrogen and oxygen atoms in total. The molecular weight excluding hydrogens is 314 g/mol. The van der Waals surface area contributed by atoms with Gasteiger partial charge in [-0.25, -0.2) is 9.67 Å². The van der Waals surface area contributed by atoms with Gasteiger partial charge in [0, 0.05) is 23.3 Å². The molecule has 7 heteroatoms. The lowest BCUT2D eigenvalue weighted by Gasteiger charge is -2.05. The van der Waals surface area contributed by atoms with Crippen molar-refractivity contribution in [3.05, 3.63) is 66.6 Å². The van der Waals surface area contributed by atoms with Gasteiger partial charge in [-0.15, -0.1) is 5.10 Å². The standard InChI is InChI=1S/C18H13N7/c1-2-13-8-12(3-4-15(13)19-7-1)11-25-18-17(23-24-25)6-5-16(22-18)14-9-20-21-10-14/h1-10H,11H2,(H,20,21). The lowest BCUT2D eigenvalue weighted by Crippen LogP contribution is -2.03. The third kappa shape index (κ3) is 2.42. The zero-order chi connectivity index (χ0) is 16.6. The Morgan fingerprint density at radius 3 is 2.92 bits per heavy atom. The molecule has 0 spiro atoms. The highest BCUT2D eigenvalue weighted by Gasteiger charge is 2.10. The maximum atomic E-state index is 4.70. The van der Waals surface area contributed by atoms with Crippen LogP contribution in [-0.4, -0.2) is 35.2 Å². The van der Waals surface area contributed by atoms with Crippen molar-refractivity contribution in [2.45, 2.75) is 6.54 Å². The third-order valence-corrected chi connectivity index (χ3v) is 4.15. The van der Waals surface area contributed by atoms with E-state index in [1.165, 1.54) is 0 Å². The Bertz CT molecular complexity index is 1170. The fourth-order valence-electron chi connectivity index (χ4n) is 2.91. The summed E-state index contributed by atoms with van der Waals surface area (Å²) in [7, 11) is 0. The number of fused-ring (bicyclic) bond motifs is 2. The van der Waals surface area contributed by atoms with Crippen LogP contribution in [0.15, 0.2) is 61.1 Å². The van der Waals surface area contributed by atoms with Crippen LogP contribution in [0.25, 0.3) is 33.3 Å². The van der Waals surface area contributed by atoms with Crippen LogP contribution in [0.4, 0.5) is 0 Å². The molecule has 0 amide bonds. The molecule has 25 heavy (non-hydrogen) atoms. The molecule has 5 aromatic rings. The Morgan fingerprint density at radius 2 is 2.00 bits per heavy atom. The van der Waals surface area contributed by atoms with Crippen LogP contribution in [0.3, 0.4) is 0 Å². The minimum absolute atomic E-state index is 0.600. The zero-order valence-corrected chi connectivity index (χ0v) is 13.2. The second kappa shape index (κ2) is 5.48. The monoisotopic (exact) mass is 327 g/mol. The van der Waals surface area contributed by atoms with E-state index >= 15 is 0 Å². The Kier molecular flexibility index (Phi) is 3.03. The minimum Gasteiger partial charge on any atom is -0.285 e. The van der Waals surface area contributed by atoms with Crippen molar-refractivity contribution >= 4 is 22.1 Å². The number of hydrogen-bond acceptors (Lipinski definition) is 5. The lowest BCUT2D eigenvalue weighted by molar-refractivity contribution is 0.665. The molecule has 0 unspecified atom stereocenters. The minimum atomic E-state index is 0.600. The summed E-state index contributed by atoms with van der Waals surface area (Å²) in [4.78, 5) is 9.06. The van der Waals surface area contributed by atoms with Gasteiger partial charge in [-0.2, -0.15) is 5.10 Å². The van der Waals surface area contributed by atoms with Gasteiger partial charge in [0.15, 0.2) is 5.65 Å². The van der Waals surface area contributed by atoms with E-state index in [0.29, 0.717) is 6.54 Å². The first-order valence-corrected chi connectivity index (χ1v) is 7.90. The van der Waals surface area contributed by atoms with Gasteiger partial charge in [-0.3, -0.25) is 10.1 Å². The number of nitrogens with one attached hydrogen (secondary N) is 1. The van der Waals surface area contributed by atoms with E-state index in [2.05, 4.69) is 43.7 Å². The largest absolute Gasteiger partial charge is 0.285 e. The van der Waals surface area contributed by atoms with Crippen molar-refractivity contribution in [1.29, 1.82) is 0 Å². The highest BCUT2D eigenvalue weighted by molar-refractivity contribution is 5.79. The van der Waals surface area contributed by atoms with Crippen LogP contribution in [-0.2, 0) is 6.54 Å². The second-order valence-corrected chi connectivity index (χ2v) is 5.80. The molecule has 0 saturated carbocycles. The Hall–Kier alpha value is -3.61. The molecule has 0 aliphatic rings. The Labute approximate surface area is 142 Å². The van der Waals surface area contributed by atoms with Gasteiger partial charge in [0.05, 0.1) is 24.0 Å². The number of H-pyrrole nitrogens is 1. The van der Waals surface area contributed by atoms with E-state index in [-0.39, 0.29) is 0 Å². The molecule has 0 bridgehead atoms. The number of nitrogens with zero attached hydrogens (tertiary/aromatic N) is 6. The molecule has 0 atom stereocenters. The van der Waals surface area contributed by atoms with Gasteiger partial charge in [0.1, 0.15) is 5.52 Å². The van der Waals surface area contributed by atoms with E-state index in [4.69, 9.17) is 4.98 Å². The van der Waals surface area contributed by atoms with Crippen LogP contribution < -0.4 is 0 Å². The number of benzene rings is 1. The van der Waals surface area contributed by atoms with Crippen LogP contribution in [0, 0.1) is 0 Å². The second-order valence-electron chi connectivity index (χ2n) is 5.80. The maximum Gasteiger partial charge on any atom is 0.179 e. The van der Waals surface area contributed by atoms with Crippen LogP contribution in [0.2, 0.25) is 0 Å². The first-order valence-electron chi connectivity index (χ1n) is 7.90. The quantitative estimate of drug-likeness (QED) is 0.551. The molecule has 0 aliphatic carbocycles. The fraction of sp³-hybridized carbons (Fsp3) is 0.0556. The summed E-state index contributed by atoms with van der Waals surface area (Å²) >= 11 is 0. The zero-order valence-electron chi connectivity index (χ0n) is 13.2. The summed E-state index contributed by atoms with van der Waals surface area (Å²) in [5.41, 5.74) is 5.41. The SMILES string of the molecule is c1cnc2ccc(Cn3nnc4ccc(-c5cn[nH]c5)nc43)cc2c1. The summed E-state index contributed by atoms with van der Waals surface area (Å²) in [5.74, 6) is 0. The summed E-state index contributed by atoms with van der Waals surface area (Å²) in [5, 5.41) is 16.4. The van der Waals surface area contributed by atoms with Gasteiger partial charge in [0.2, 0.25) is 0 Å². The first-order chi connectivity index (χ1) is 12.4. The lowest BCUT2D eigenvalue weighted by atomic mass is 10.1. The first kappa shape index (κ1) is 13.8. The molecule has 0 radical (unpaired) electrons. The predicted molar refractivity (Wildman–Crippen MR) is 93.7 cm³/mol. The molecule has 1 N–H and O–H groups in total. The van der Waals surface area contributed by atoms with Crippen molar-refractivity contribution in [2.24, 2.45) is 0 Å². The van der Waals surface area contributed by atoms with Crippen LogP contribution in [0.5, 0.6) is 0 Å². The molecular formula is C18H13N7. The van der Waals surface area contributed by atoms with Gasteiger partial charge in [-0.05, 0) is 35.9 Å². The number of hydrogen-bond donors (Lipinski definition) is 1. The molecule has 1 aromatic carbocycles. The van der Waals surface area contributed by atoms with Crippen LogP contribution >= 0.6 is 0 Å². The number of pyridine rings is 2. The summed E-state index contributed by atoms with van der Waals surface area (Å²) < 4.78 is 1.82. The molecule has 0 fully saturated rings. The highest BCUT2D eigenvalue weighted by Crippen LogP contribution is 2.20. The van der Waals surface area contributed by atoms with Crippen molar-refractivity contribution in [3.8, 4) is 11.3 Å². The van der Waals surface area contributed by atoms with Gasteiger partial charge >= 0.3 is 0 Å². The molecule has 4 aromatic heterocycles. The molecule has 0 saturated heterocycles. The smallest absolute Gasteiger partial charge is 0.179 e. The van der Waals surface area contributed by atoms with E-state index < -0.39 is 0 Å². The Balaban J connectivity index is 1.56. The van der Waals surface area contributed by atoms with E-state index in [9.17, 15) is 0 Å². The van der Waals surface area contributed by atoms with Crippen molar-refractivity contribution in [3.63, 3.8) is 0 Å². The number of rotatable bonds is 3. The van der Waals surface area contributed by atoms with Crippen molar-refractivity contribution < 1.29 is 0 Å². The number of aromatic amines is 1. The molecule has 4 heterocycles. The average molecular weight is 327 g/mol. The molecule has 0 aliphatic heterocycles. The Morgan fingerprint density at radius 1 is 1.04 bits per heavy atom. The summed E-state index contributed by atoms with van der Waals surface area (Å²) in [6, 6.07) is 14.1. The summed E-state index contributed by atoms with van der Waals surface area (Å²) in [6.07, 6.45) is 5.37. The topological polar surface area (TPSA) is 85.2 Å². The predicted octanol–water partition coefficient (Wildman–Crippen LogP) is 2.81. The van der Waals surface area contributed by atoms with Gasteiger partial charge < -0.3 is 0 Å². The van der Waals surface area contributed by atoms with Crippen molar-refractivity contribution in [1.82, 2.24) is 35.2 Å². The average Bonchev–Trinajstić information content (AvgIpc) is 3.32. The highest BCUT2D eigenvalue weighted by atomic mass is 15.4. The third-order valence-electron chi connectivity index (χ3n) is 4.15. The van der Waals surface area contributed by atoms with Gasteiger partial charge in [-0.1, -0.05) is 17.3 Å². The van der Waals surface area contributed by atoms with Gasteiger partial charge in [0.25, 0.3) is 0 Å². The summed E-state index contributed by atoms with van der Waals surface area (Å²) in [6.45, 7) is 0.600. The normalized spacial score (nSPS) is 11.4. The number of aromatic nitrogens is 7. The van der Waals surface area contributed by atoms with E-state index in [0.717, 1.165) is 38.9 Å². The molecule has 5 rings (SSSR count). The van der Waals surface area contributed by atoms with Crippen LogP contribution in [0.1, 0.15) is 5.56 Å². The van der Waals surface area contributed by atoms with E-state index in [1.54, 1.807) is 12.4 Å². The fourth-order valence-corrected chi connectivity index (χ4v) is 2.91. The maximum absolute atomic E-state index is 4.70.